The van der Waals surface area contributed by atoms with E-state index in [2.05, 4.69) is 20.6 Å². The monoisotopic (exact) mass is 472 g/mol. The van der Waals surface area contributed by atoms with E-state index in [1.165, 1.54) is 11.3 Å². The molecule has 33 heavy (non-hydrogen) atoms. The molecule has 0 saturated carbocycles. The van der Waals surface area contributed by atoms with Crippen LogP contribution in [0.5, 0.6) is 5.75 Å². The second-order valence-corrected chi connectivity index (χ2v) is 8.07. The predicted octanol–water partition coefficient (Wildman–Crippen LogP) is 2.60. The van der Waals surface area contributed by atoms with E-state index in [9.17, 15) is 19.2 Å². The maximum atomic E-state index is 12.6. The summed E-state index contributed by atoms with van der Waals surface area (Å²) in [6.45, 7) is 5.85. The van der Waals surface area contributed by atoms with Crippen LogP contribution in [0.1, 0.15) is 46.9 Å². The molecule has 1 aliphatic heterocycles. The number of rotatable bonds is 6. The highest BCUT2D eigenvalue weighted by molar-refractivity contribution is 7.18. The van der Waals surface area contributed by atoms with Crippen LogP contribution >= 0.6 is 11.3 Å². The van der Waals surface area contributed by atoms with Crippen molar-refractivity contribution in [3.63, 3.8) is 0 Å². The number of hydrogen-bond donors (Lipinski definition) is 4. The molecule has 4 rings (SSSR count). The van der Waals surface area contributed by atoms with E-state index in [4.69, 9.17) is 9.84 Å². The minimum Gasteiger partial charge on any atom is -0.482 e. The molecule has 0 spiro atoms. The van der Waals surface area contributed by atoms with Gasteiger partial charge in [0, 0.05) is 11.4 Å². The summed E-state index contributed by atoms with van der Waals surface area (Å²) in [6.07, 6.45) is 0.243. The van der Waals surface area contributed by atoms with Gasteiger partial charge < -0.3 is 25.5 Å². The van der Waals surface area contributed by atoms with Crippen LogP contribution in [-0.4, -0.2) is 39.5 Å². The summed E-state index contributed by atoms with van der Waals surface area (Å²) in [5.41, 5.74) is 1.49. The number of carbonyl (C=O) groups is 3. The lowest BCUT2D eigenvalue weighted by atomic mass is 10.1. The lowest BCUT2D eigenvalue weighted by Crippen LogP contribution is -2.28. The van der Waals surface area contributed by atoms with Crippen LogP contribution in [0, 0.1) is 6.92 Å². The zero-order valence-electron chi connectivity index (χ0n) is 18.4. The fourth-order valence-electron chi connectivity index (χ4n) is 3.26. The number of benzene rings is 1. The number of carbonyl (C=O) groups excluding carboxylic acids is 2. The summed E-state index contributed by atoms with van der Waals surface area (Å²) in [6, 6.07) is 5.16. The minimum absolute atomic E-state index is 0.0369. The highest BCUT2D eigenvalue weighted by Crippen LogP contribution is 2.29. The van der Waals surface area contributed by atoms with Gasteiger partial charge in [0.05, 0.1) is 17.5 Å². The van der Waals surface area contributed by atoms with Gasteiger partial charge in [-0.3, -0.25) is 19.2 Å². The maximum absolute atomic E-state index is 12.6. The molecule has 11 heteroatoms. The fourth-order valence-corrected chi connectivity index (χ4v) is 4.44. The van der Waals surface area contributed by atoms with Gasteiger partial charge >= 0.3 is 5.97 Å². The molecule has 4 N–H and O–H groups in total. The van der Waals surface area contributed by atoms with Gasteiger partial charge in [-0.1, -0.05) is 19.9 Å². The molecule has 0 atom stereocenters. The molecule has 1 aliphatic rings. The van der Waals surface area contributed by atoms with Crippen molar-refractivity contribution in [1.82, 2.24) is 15.3 Å². The van der Waals surface area contributed by atoms with Crippen LogP contribution in [0.25, 0.3) is 10.2 Å². The van der Waals surface area contributed by atoms with E-state index in [-0.39, 0.29) is 31.3 Å². The van der Waals surface area contributed by atoms with Gasteiger partial charge in [0.1, 0.15) is 10.6 Å². The van der Waals surface area contributed by atoms with E-state index in [0.29, 0.717) is 33.6 Å². The Hall–Kier alpha value is -3.73. The summed E-state index contributed by atoms with van der Waals surface area (Å²) in [4.78, 5) is 55.2. The highest BCUT2D eigenvalue weighted by atomic mass is 32.1. The maximum Gasteiger partial charge on any atom is 0.303 e. The number of nitrogens with zero attached hydrogens (tertiary/aromatic N) is 1. The molecule has 0 fully saturated rings. The summed E-state index contributed by atoms with van der Waals surface area (Å²) < 4.78 is 5.30. The van der Waals surface area contributed by atoms with Gasteiger partial charge in [-0.05, 0) is 36.6 Å². The molecular formula is C22H24N4O6S. The van der Waals surface area contributed by atoms with Gasteiger partial charge in [-0.15, -0.1) is 11.3 Å². The van der Waals surface area contributed by atoms with Crippen molar-refractivity contribution < 1.29 is 24.2 Å². The number of thiophene rings is 1. The Morgan fingerprint density at radius 2 is 2.03 bits per heavy atom. The largest absolute Gasteiger partial charge is 0.482 e. The molecule has 3 aromatic rings. The van der Waals surface area contributed by atoms with Crippen molar-refractivity contribution >= 4 is 45.0 Å². The second kappa shape index (κ2) is 10.3. The van der Waals surface area contributed by atoms with Crippen LogP contribution < -0.4 is 20.9 Å². The van der Waals surface area contributed by atoms with Crippen molar-refractivity contribution in [2.75, 3.05) is 11.9 Å². The molecule has 0 bridgehead atoms. The van der Waals surface area contributed by atoms with Gasteiger partial charge in [0.25, 0.3) is 17.4 Å². The lowest BCUT2D eigenvalue weighted by molar-refractivity contribution is -0.137. The van der Waals surface area contributed by atoms with Crippen LogP contribution in [0.15, 0.2) is 23.0 Å². The first-order valence-corrected chi connectivity index (χ1v) is 11.2. The molecule has 0 aliphatic carbocycles. The second-order valence-electron chi connectivity index (χ2n) is 6.99. The number of aromatic nitrogens is 2. The van der Waals surface area contributed by atoms with Crippen LogP contribution in [-0.2, 0) is 22.6 Å². The van der Waals surface area contributed by atoms with Gasteiger partial charge in [0.15, 0.2) is 6.61 Å². The first kappa shape index (κ1) is 23.9. The first-order valence-electron chi connectivity index (χ1n) is 10.4. The molecule has 0 radical (unpaired) electrons. The zero-order valence-corrected chi connectivity index (χ0v) is 19.2. The molecule has 10 nitrogen and oxygen atoms in total. The fraction of sp³-hybridized carbons (Fsp3) is 0.318. The SMILES string of the molecule is CC.Cc1c(CCC(=O)O)sc2nc(C(=O)NCc3ccc4c(c3)NC(=O)CO4)[nH]c(=O)c12. The third kappa shape index (κ3) is 5.37. The Labute approximate surface area is 193 Å². The first-order chi connectivity index (χ1) is 15.8. The molecule has 2 aromatic heterocycles. The number of amides is 2. The summed E-state index contributed by atoms with van der Waals surface area (Å²) in [5.74, 6) is -1.31. The third-order valence-corrected chi connectivity index (χ3v) is 6.06. The standard InChI is InChI=1S/C20H18N4O6S.C2H6/c1-9-13(4-5-15(26)27)31-20-16(9)18(28)23-17(24-20)19(29)21-7-10-2-3-12-11(6-10)22-14(25)8-30-12;1-2/h2-3,6H,4-5,7-8H2,1H3,(H,21,29)(H,22,25)(H,26,27)(H,23,24,28);1-2H3. The zero-order chi connectivity index (χ0) is 24.1. The summed E-state index contributed by atoms with van der Waals surface area (Å²) in [7, 11) is 0. The molecule has 174 valence electrons. The van der Waals surface area contributed by atoms with E-state index >= 15 is 0 Å². The number of hydrogen-bond acceptors (Lipinski definition) is 7. The van der Waals surface area contributed by atoms with Gasteiger partial charge in [0.2, 0.25) is 5.82 Å². The minimum atomic E-state index is -0.924. The topological polar surface area (TPSA) is 150 Å². The Balaban J connectivity index is 0.00000149. The number of carboxylic acid groups (broad SMARTS) is 1. The summed E-state index contributed by atoms with van der Waals surface area (Å²) in [5, 5.41) is 14.6. The number of ether oxygens (including phenoxy) is 1. The molecule has 1 aromatic carbocycles. The molecule has 0 saturated heterocycles. The van der Waals surface area contributed by atoms with Crippen LogP contribution in [0.4, 0.5) is 5.69 Å². The number of H-pyrrole nitrogens is 1. The number of aromatic amines is 1. The quantitative estimate of drug-likeness (QED) is 0.430. The van der Waals surface area contributed by atoms with Gasteiger partial charge in [-0.2, -0.15) is 0 Å². The van der Waals surface area contributed by atoms with E-state index < -0.39 is 17.4 Å². The number of aryl methyl sites for hydroxylation is 2. The highest BCUT2D eigenvalue weighted by Gasteiger charge is 2.19. The molecule has 2 amide bonds. The number of aliphatic carboxylic acids is 1. The number of carboxylic acids is 1. The Kier molecular flexibility index (Phi) is 7.44. The number of nitrogens with one attached hydrogen (secondary N) is 3. The number of anilines is 1. The van der Waals surface area contributed by atoms with E-state index in [1.807, 2.05) is 13.8 Å². The third-order valence-electron chi connectivity index (χ3n) is 4.81. The van der Waals surface area contributed by atoms with Crippen molar-refractivity contribution in [3.8, 4) is 5.75 Å². The lowest BCUT2D eigenvalue weighted by Gasteiger charge is -2.18. The van der Waals surface area contributed by atoms with E-state index in [1.54, 1.807) is 25.1 Å². The predicted molar refractivity (Wildman–Crippen MR) is 124 cm³/mol. The molecule has 3 heterocycles. The van der Waals surface area contributed by atoms with Crippen molar-refractivity contribution in [2.24, 2.45) is 0 Å². The molecule has 0 unspecified atom stereocenters. The molecular weight excluding hydrogens is 448 g/mol. The van der Waals surface area contributed by atoms with Crippen molar-refractivity contribution in [3.05, 3.63) is 50.4 Å². The van der Waals surface area contributed by atoms with E-state index in [0.717, 1.165) is 10.4 Å². The smallest absolute Gasteiger partial charge is 0.303 e. The normalized spacial score (nSPS) is 12.2. The Morgan fingerprint density at radius 1 is 1.27 bits per heavy atom. The number of fused-ring (bicyclic) bond motifs is 2. The Bertz CT molecular complexity index is 1280. The van der Waals surface area contributed by atoms with Crippen molar-refractivity contribution in [1.29, 1.82) is 0 Å². The van der Waals surface area contributed by atoms with Crippen molar-refractivity contribution in [2.45, 2.75) is 40.2 Å². The average molecular weight is 473 g/mol. The summed E-state index contributed by atoms with van der Waals surface area (Å²) >= 11 is 1.21. The van der Waals surface area contributed by atoms with Gasteiger partial charge in [-0.25, -0.2) is 4.98 Å². The van der Waals surface area contributed by atoms with Crippen LogP contribution in [0.2, 0.25) is 0 Å². The van der Waals surface area contributed by atoms with Crippen LogP contribution in [0.3, 0.4) is 0 Å². The average Bonchev–Trinajstić information content (AvgIpc) is 3.12. The Morgan fingerprint density at radius 3 is 2.76 bits per heavy atom.